The van der Waals surface area contributed by atoms with Crippen LogP contribution in [-0.4, -0.2) is 31.3 Å². The van der Waals surface area contributed by atoms with Crippen molar-refractivity contribution >= 4 is 12.0 Å². The molecule has 2 atom stereocenters. The molecule has 2 heterocycles. The van der Waals surface area contributed by atoms with Gasteiger partial charge in [0.15, 0.2) is 0 Å². The van der Waals surface area contributed by atoms with Gasteiger partial charge in [-0.2, -0.15) is 5.26 Å². The molecule has 0 aliphatic carbocycles. The molecule has 1 N–H and O–H groups in total. The third-order valence-electron chi connectivity index (χ3n) is 4.20. The van der Waals surface area contributed by atoms with Crippen LogP contribution in [0.15, 0.2) is 41.5 Å². The van der Waals surface area contributed by atoms with E-state index < -0.39 is 0 Å². The predicted molar refractivity (Wildman–Crippen MR) is 90.2 cm³/mol. The summed E-state index contributed by atoms with van der Waals surface area (Å²) in [6.45, 7) is 3.08. The molecule has 0 radical (unpaired) electrons. The van der Waals surface area contributed by atoms with E-state index in [0.29, 0.717) is 6.54 Å². The lowest BCUT2D eigenvalue weighted by molar-refractivity contribution is -0.117. The molecule has 2 aliphatic rings. The number of hydrogen-bond donors (Lipinski definition) is 1. The Morgan fingerprint density at radius 2 is 2.29 bits per heavy atom. The van der Waals surface area contributed by atoms with Gasteiger partial charge in [0.2, 0.25) is 0 Å². The number of para-hydroxylation sites is 1. The molecule has 0 aromatic heterocycles. The van der Waals surface area contributed by atoms with Crippen molar-refractivity contribution in [3.05, 3.63) is 47.1 Å². The van der Waals surface area contributed by atoms with Gasteiger partial charge in [0.05, 0.1) is 6.10 Å². The SMILES string of the molecule is CC1Oc2ccccc2C=C1/C=C(\C#N)C(=O)NCC1CCCO1. The first kappa shape index (κ1) is 16.3. The van der Waals surface area contributed by atoms with E-state index in [1.165, 1.54) is 0 Å². The highest BCUT2D eigenvalue weighted by molar-refractivity contribution is 5.98. The van der Waals surface area contributed by atoms with Gasteiger partial charge in [-0.3, -0.25) is 4.79 Å². The molecule has 1 aromatic carbocycles. The van der Waals surface area contributed by atoms with Crippen LogP contribution in [-0.2, 0) is 9.53 Å². The summed E-state index contributed by atoms with van der Waals surface area (Å²) in [7, 11) is 0. The summed E-state index contributed by atoms with van der Waals surface area (Å²) in [5.74, 6) is 0.434. The Morgan fingerprint density at radius 3 is 3.04 bits per heavy atom. The van der Waals surface area contributed by atoms with E-state index in [1.807, 2.05) is 43.3 Å². The standard InChI is InChI=1S/C19H20N2O3/c1-13-15(9-14-5-2-3-7-18(14)24-13)10-16(11-20)19(22)21-12-17-6-4-8-23-17/h2-3,5,7,9-10,13,17H,4,6,8,12H2,1H3,(H,21,22)/b16-10+. The zero-order valence-corrected chi connectivity index (χ0v) is 13.6. The first-order valence-electron chi connectivity index (χ1n) is 8.16. The number of ether oxygens (including phenoxy) is 2. The number of rotatable bonds is 4. The van der Waals surface area contributed by atoms with Gasteiger partial charge in [-0.25, -0.2) is 0 Å². The highest BCUT2D eigenvalue weighted by atomic mass is 16.5. The smallest absolute Gasteiger partial charge is 0.262 e. The van der Waals surface area contributed by atoms with Crippen LogP contribution < -0.4 is 10.1 Å². The van der Waals surface area contributed by atoms with Crippen molar-refractivity contribution in [2.75, 3.05) is 13.2 Å². The molecule has 2 aliphatic heterocycles. The summed E-state index contributed by atoms with van der Waals surface area (Å²) in [6, 6.07) is 9.67. The van der Waals surface area contributed by atoms with Gasteiger partial charge in [-0.1, -0.05) is 18.2 Å². The second-order valence-corrected chi connectivity index (χ2v) is 5.96. The van der Waals surface area contributed by atoms with Crippen LogP contribution in [0.4, 0.5) is 0 Å². The molecule has 1 aromatic rings. The number of hydrogen-bond acceptors (Lipinski definition) is 4. The van der Waals surface area contributed by atoms with Crippen molar-refractivity contribution in [1.29, 1.82) is 5.26 Å². The number of carbonyl (C=O) groups excluding carboxylic acids is 1. The predicted octanol–water partition coefficient (Wildman–Crippen LogP) is 2.60. The summed E-state index contributed by atoms with van der Waals surface area (Å²) in [4.78, 5) is 12.2. The molecular weight excluding hydrogens is 304 g/mol. The zero-order valence-electron chi connectivity index (χ0n) is 13.6. The Morgan fingerprint density at radius 1 is 1.46 bits per heavy atom. The Bertz CT molecular complexity index is 724. The number of nitriles is 1. The fraction of sp³-hybridized carbons (Fsp3) is 0.368. The van der Waals surface area contributed by atoms with Crippen LogP contribution in [0.3, 0.4) is 0 Å². The van der Waals surface area contributed by atoms with E-state index >= 15 is 0 Å². The van der Waals surface area contributed by atoms with Gasteiger partial charge >= 0.3 is 0 Å². The van der Waals surface area contributed by atoms with E-state index in [2.05, 4.69) is 5.32 Å². The lowest BCUT2D eigenvalue weighted by atomic mass is 10.0. The average Bonchev–Trinajstić information content (AvgIpc) is 3.11. The first-order valence-corrected chi connectivity index (χ1v) is 8.16. The topological polar surface area (TPSA) is 71.3 Å². The highest BCUT2D eigenvalue weighted by Gasteiger charge is 2.20. The Kier molecular flexibility index (Phi) is 4.97. The molecule has 1 amide bonds. The molecular formula is C19H20N2O3. The third kappa shape index (κ3) is 3.66. The first-order chi connectivity index (χ1) is 11.7. The number of carbonyl (C=O) groups is 1. The van der Waals surface area contributed by atoms with Crippen LogP contribution in [0.25, 0.3) is 6.08 Å². The summed E-state index contributed by atoms with van der Waals surface area (Å²) < 4.78 is 11.3. The van der Waals surface area contributed by atoms with E-state index in [0.717, 1.165) is 36.3 Å². The van der Waals surface area contributed by atoms with Crippen LogP contribution >= 0.6 is 0 Å². The molecule has 2 unspecified atom stereocenters. The minimum atomic E-state index is -0.375. The number of benzene rings is 1. The second kappa shape index (κ2) is 7.33. The van der Waals surface area contributed by atoms with E-state index in [-0.39, 0.29) is 23.7 Å². The fourth-order valence-corrected chi connectivity index (χ4v) is 2.84. The number of fused-ring (bicyclic) bond motifs is 1. The van der Waals surface area contributed by atoms with Gasteiger partial charge in [0, 0.05) is 18.7 Å². The van der Waals surface area contributed by atoms with Crippen molar-refractivity contribution in [3.63, 3.8) is 0 Å². The summed E-state index contributed by atoms with van der Waals surface area (Å²) >= 11 is 0. The maximum atomic E-state index is 12.2. The molecule has 5 heteroatoms. The van der Waals surface area contributed by atoms with Gasteiger partial charge < -0.3 is 14.8 Å². The number of nitrogens with zero attached hydrogens (tertiary/aromatic N) is 1. The second-order valence-electron chi connectivity index (χ2n) is 5.96. The normalized spacial score (nSPS) is 22.8. The fourth-order valence-electron chi connectivity index (χ4n) is 2.84. The van der Waals surface area contributed by atoms with E-state index in [9.17, 15) is 10.1 Å². The quantitative estimate of drug-likeness (QED) is 0.682. The maximum absolute atomic E-state index is 12.2. The van der Waals surface area contributed by atoms with Crippen molar-refractivity contribution in [2.45, 2.75) is 32.0 Å². The molecule has 24 heavy (non-hydrogen) atoms. The minimum absolute atomic E-state index is 0.0527. The molecule has 1 saturated heterocycles. The number of amides is 1. The minimum Gasteiger partial charge on any atom is -0.485 e. The Labute approximate surface area is 141 Å². The summed E-state index contributed by atoms with van der Waals surface area (Å²) in [5, 5.41) is 12.1. The Balaban J connectivity index is 1.73. The lowest BCUT2D eigenvalue weighted by Gasteiger charge is -2.23. The van der Waals surface area contributed by atoms with Gasteiger partial charge in [0.25, 0.3) is 5.91 Å². The van der Waals surface area contributed by atoms with Crippen LogP contribution in [0.5, 0.6) is 5.75 Å². The van der Waals surface area contributed by atoms with E-state index in [4.69, 9.17) is 9.47 Å². The molecule has 124 valence electrons. The van der Waals surface area contributed by atoms with Crippen molar-refractivity contribution in [1.82, 2.24) is 5.32 Å². The molecule has 5 nitrogen and oxygen atoms in total. The molecule has 1 fully saturated rings. The summed E-state index contributed by atoms with van der Waals surface area (Å²) in [5.41, 5.74) is 1.82. The van der Waals surface area contributed by atoms with Crippen molar-refractivity contribution < 1.29 is 14.3 Å². The van der Waals surface area contributed by atoms with Crippen LogP contribution in [0.1, 0.15) is 25.3 Å². The van der Waals surface area contributed by atoms with Gasteiger partial charge in [0.1, 0.15) is 23.5 Å². The van der Waals surface area contributed by atoms with E-state index in [1.54, 1.807) is 6.08 Å². The largest absolute Gasteiger partial charge is 0.485 e. The monoisotopic (exact) mass is 324 g/mol. The molecule has 0 bridgehead atoms. The van der Waals surface area contributed by atoms with Crippen molar-refractivity contribution in [2.24, 2.45) is 0 Å². The molecule has 0 spiro atoms. The maximum Gasteiger partial charge on any atom is 0.262 e. The average molecular weight is 324 g/mol. The zero-order chi connectivity index (χ0) is 16.9. The van der Waals surface area contributed by atoms with Crippen molar-refractivity contribution in [3.8, 4) is 11.8 Å². The van der Waals surface area contributed by atoms with Crippen LogP contribution in [0, 0.1) is 11.3 Å². The summed E-state index contributed by atoms with van der Waals surface area (Å²) in [6.07, 6.45) is 5.35. The molecule has 0 saturated carbocycles. The number of nitrogens with one attached hydrogen (secondary N) is 1. The highest BCUT2D eigenvalue weighted by Crippen LogP contribution is 2.30. The lowest BCUT2D eigenvalue weighted by Crippen LogP contribution is -2.32. The Hall–Kier alpha value is -2.58. The molecule has 3 rings (SSSR count). The van der Waals surface area contributed by atoms with Gasteiger partial charge in [-0.15, -0.1) is 0 Å². The van der Waals surface area contributed by atoms with Gasteiger partial charge in [-0.05, 0) is 43.6 Å². The van der Waals surface area contributed by atoms with Crippen LogP contribution in [0.2, 0.25) is 0 Å². The third-order valence-corrected chi connectivity index (χ3v) is 4.20.